The first kappa shape index (κ1) is 13.7. The minimum Gasteiger partial charge on any atom is -0.508 e. The molecule has 2 aliphatic heterocycles. The smallest absolute Gasteiger partial charge is 0.122 e. The van der Waals surface area contributed by atoms with Gasteiger partial charge in [0.15, 0.2) is 0 Å². The molecule has 4 nitrogen and oxygen atoms in total. The third kappa shape index (κ3) is 2.50. The number of phenols is 2. The Hall–Kier alpha value is -1.26. The van der Waals surface area contributed by atoms with Gasteiger partial charge in [-0.1, -0.05) is 13.8 Å². The van der Waals surface area contributed by atoms with Crippen molar-refractivity contribution in [3.63, 3.8) is 0 Å². The van der Waals surface area contributed by atoms with Crippen molar-refractivity contribution in [3.8, 4) is 11.5 Å². The van der Waals surface area contributed by atoms with Crippen LogP contribution in [0.5, 0.6) is 11.5 Å². The third-order valence-electron chi connectivity index (χ3n) is 4.27. The molecule has 2 aliphatic rings. The molecule has 4 heteroatoms. The van der Waals surface area contributed by atoms with Gasteiger partial charge in [0.25, 0.3) is 0 Å². The van der Waals surface area contributed by atoms with E-state index in [9.17, 15) is 10.2 Å². The lowest BCUT2D eigenvalue weighted by Crippen LogP contribution is -2.01. The van der Waals surface area contributed by atoms with Crippen LogP contribution >= 0.6 is 0 Å². The van der Waals surface area contributed by atoms with Gasteiger partial charge in [-0.25, -0.2) is 0 Å². The van der Waals surface area contributed by atoms with E-state index in [1.807, 2.05) is 0 Å². The van der Waals surface area contributed by atoms with E-state index in [2.05, 4.69) is 13.8 Å². The van der Waals surface area contributed by atoms with E-state index in [0.717, 1.165) is 12.8 Å². The summed E-state index contributed by atoms with van der Waals surface area (Å²) >= 11 is 0. The first-order valence-electron chi connectivity index (χ1n) is 7.33. The zero-order valence-electron chi connectivity index (χ0n) is 12.0. The van der Waals surface area contributed by atoms with Gasteiger partial charge in [-0.15, -0.1) is 0 Å². The fourth-order valence-corrected chi connectivity index (χ4v) is 3.12. The van der Waals surface area contributed by atoms with Crippen LogP contribution in [0.4, 0.5) is 0 Å². The highest BCUT2D eigenvalue weighted by atomic mass is 16.5. The molecule has 2 saturated heterocycles. The van der Waals surface area contributed by atoms with Crippen molar-refractivity contribution >= 4 is 0 Å². The monoisotopic (exact) mass is 278 g/mol. The molecule has 0 aromatic heterocycles. The fraction of sp³-hybridized carbons (Fsp3) is 0.625. The highest BCUT2D eigenvalue weighted by Crippen LogP contribution is 2.43. The van der Waals surface area contributed by atoms with Gasteiger partial charge in [0.2, 0.25) is 0 Å². The molecule has 20 heavy (non-hydrogen) atoms. The Bertz CT molecular complexity index is 454. The molecule has 0 saturated carbocycles. The Labute approximate surface area is 119 Å². The molecular weight excluding hydrogens is 256 g/mol. The van der Waals surface area contributed by atoms with Crippen LogP contribution in [0.2, 0.25) is 0 Å². The van der Waals surface area contributed by atoms with Gasteiger partial charge in [0.1, 0.15) is 11.5 Å². The maximum atomic E-state index is 10.2. The first-order chi connectivity index (χ1) is 9.54. The van der Waals surface area contributed by atoms with Gasteiger partial charge >= 0.3 is 0 Å². The largest absolute Gasteiger partial charge is 0.508 e. The van der Waals surface area contributed by atoms with Crippen LogP contribution in [0.25, 0.3) is 0 Å². The van der Waals surface area contributed by atoms with Crippen molar-refractivity contribution in [2.24, 2.45) is 11.8 Å². The molecule has 1 aromatic carbocycles. The van der Waals surface area contributed by atoms with Gasteiger partial charge in [0, 0.05) is 11.1 Å². The summed E-state index contributed by atoms with van der Waals surface area (Å²) < 4.78 is 11.3. The molecule has 3 rings (SSSR count). The van der Waals surface area contributed by atoms with E-state index in [1.54, 1.807) is 12.1 Å². The highest BCUT2D eigenvalue weighted by Gasteiger charge is 2.30. The van der Waals surface area contributed by atoms with Crippen LogP contribution in [0.3, 0.4) is 0 Å². The molecule has 0 radical (unpaired) electrons. The Kier molecular flexibility index (Phi) is 3.61. The average Bonchev–Trinajstić information content (AvgIpc) is 3.00. The van der Waals surface area contributed by atoms with Gasteiger partial charge in [-0.3, -0.25) is 0 Å². The zero-order valence-corrected chi connectivity index (χ0v) is 12.0. The Balaban J connectivity index is 1.86. The molecule has 1 aromatic rings. The standard InChI is InChI=1S/C16H22O4/c1-9-3-15(19-7-9)11-5-14(18)12(6-13(11)17)16-4-10(2)8-20-16/h5-6,9-10,15-18H,3-4,7-8H2,1-2H3/t9-,10-,15-,16+/m1/s1. The highest BCUT2D eigenvalue weighted by molar-refractivity contribution is 5.47. The second-order valence-electron chi connectivity index (χ2n) is 6.30. The summed E-state index contributed by atoms with van der Waals surface area (Å²) in [4.78, 5) is 0. The Morgan fingerprint density at radius 3 is 1.55 bits per heavy atom. The number of hydrogen-bond donors (Lipinski definition) is 2. The van der Waals surface area contributed by atoms with Crippen molar-refractivity contribution in [3.05, 3.63) is 23.3 Å². The summed E-state index contributed by atoms with van der Waals surface area (Å²) in [6.07, 6.45) is 1.52. The minimum atomic E-state index is -0.117. The number of rotatable bonds is 2. The van der Waals surface area contributed by atoms with Crippen molar-refractivity contribution in [2.75, 3.05) is 13.2 Å². The van der Waals surface area contributed by atoms with Gasteiger partial charge < -0.3 is 19.7 Å². The maximum absolute atomic E-state index is 10.2. The molecule has 0 amide bonds. The summed E-state index contributed by atoms with van der Waals surface area (Å²) in [5.74, 6) is 1.36. The van der Waals surface area contributed by atoms with Crippen LogP contribution in [-0.2, 0) is 9.47 Å². The number of aromatic hydroxyl groups is 2. The second-order valence-corrected chi connectivity index (χ2v) is 6.30. The van der Waals surface area contributed by atoms with E-state index in [-0.39, 0.29) is 23.7 Å². The summed E-state index contributed by atoms with van der Waals surface area (Å²) in [6.45, 7) is 5.66. The lowest BCUT2D eigenvalue weighted by Gasteiger charge is -2.17. The number of ether oxygens (including phenoxy) is 2. The quantitative estimate of drug-likeness (QED) is 0.815. The fourth-order valence-electron chi connectivity index (χ4n) is 3.12. The summed E-state index contributed by atoms with van der Waals surface area (Å²) in [5, 5.41) is 20.5. The summed E-state index contributed by atoms with van der Waals surface area (Å²) in [5.41, 5.74) is 1.36. The molecule has 2 N–H and O–H groups in total. The predicted molar refractivity (Wildman–Crippen MR) is 74.7 cm³/mol. The first-order valence-corrected chi connectivity index (χ1v) is 7.33. The normalized spacial score (nSPS) is 33.7. The van der Waals surface area contributed by atoms with Crippen LogP contribution < -0.4 is 0 Å². The molecule has 4 atom stereocenters. The van der Waals surface area contributed by atoms with E-state index in [4.69, 9.17) is 9.47 Å². The van der Waals surface area contributed by atoms with Crippen molar-refractivity contribution in [2.45, 2.75) is 38.9 Å². The van der Waals surface area contributed by atoms with E-state index >= 15 is 0 Å². The number of benzene rings is 1. The summed E-state index contributed by atoms with van der Waals surface area (Å²) in [6, 6.07) is 3.28. The van der Waals surface area contributed by atoms with Crippen LogP contribution in [0.15, 0.2) is 12.1 Å². The number of phenolic OH excluding ortho intramolecular Hbond substituents is 2. The van der Waals surface area contributed by atoms with Crippen molar-refractivity contribution in [1.82, 2.24) is 0 Å². The minimum absolute atomic E-state index is 0.117. The van der Waals surface area contributed by atoms with Crippen LogP contribution in [0.1, 0.15) is 50.0 Å². The van der Waals surface area contributed by atoms with Gasteiger partial charge in [0.05, 0.1) is 25.4 Å². The Morgan fingerprint density at radius 2 is 1.25 bits per heavy atom. The molecule has 0 unspecified atom stereocenters. The second kappa shape index (κ2) is 5.26. The topological polar surface area (TPSA) is 58.9 Å². The van der Waals surface area contributed by atoms with Crippen LogP contribution in [-0.4, -0.2) is 23.4 Å². The molecule has 2 fully saturated rings. The molecule has 0 spiro atoms. The van der Waals surface area contributed by atoms with Crippen molar-refractivity contribution in [1.29, 1.82) is 0 Å². The lowest BCUT2D eigenvalue weighted by molar-refractivity contribution is 0.102. The van der Waals surface area contributed by atoms with Crippen molar-refractivity contribution < 1.29 is 19.7 Å². The molecule has 0 aliphatic carbocycles. The van der Waals surface area contributed by atoms with Gasteiger partial charge in [-0.2, -0.15) is 0 Å². The molecule has 2 heterocycles. The van der Waals surface area contributed by atoms with Crippen LogP contribution in [0, 0.1) is 11.8 Å². The SMILES string of the molecule is C[C@H]1CO[C@H](c2cc(O)c([C@H]3C[C@@H](C)CO3)cc2O)C1. The third-order valence-corrected chi connectivity index (χ3v) is 4.27. The van der Waals surface area contributed by atoms with E-state index in [1.165, 1.54) is 0 Å². The number of hydrogen-bond acceptors (Lipinski definition) is 4. The Morgan fingerprint density at radius 1 is 0.850 bits per heavy atom. The predicted octanol–water partition coefficient (Wildman–Crippen LogP) is 3.29. The van der Waals surface area contributed by atoms with Gasteiger partial charge in [-0.05, 0) is 36.8 Å². The van der Waals surface area contributed by atoms with E-state index in [0.29, 0.717) is 36.2 Å². The molecule has 0 bridgehead atoms. The maximum Gasteiger partial charge on any atom is 0.122 e. The van der Waals surface area contributed by atoms with E-state index < -0.39 is 0 Å². The average molecular weight is 278 g/mol. The zero-order chi connectivity index (χ0) is 14.3. The lowest BCUT2D eigenvalue weighted by atomic mass is 9.95. The molecule has 110 valence electrons. The molecular formula is C16H22O4. The summed E-state index contributed by atoms with van der Waals surface area (Å²) in [7, 11) is 0.